The summed E-state index contributed by atoms with van der Waals surface area (Å²) < 4.78 is 16.2. The first kappa shape index (κ1) is 14.9. The maximum atomic E-state index is 5.40. The van der Waals surface area contributed by atoms with E-state index in [4.69, 9.17) is 11.4 Å². The molecule has 0 aliphatic rings. The van der Waals surface area contributed by atoms with Crippen molar-refractivity contribution in [1.29, 1.82) is 0 Å². The highest BCUT2D eigenvalue weighted by molar-refractivity contribution is 9.09. The molecule has 0 rings (SSSR count). The third-order valence-corrected chi connectivity index (χ3v) is 3.49. The summed E-state index contributed by atoms with van der Waals surface area (Å²) in [5.41, 5.74) is 0. The SMILES string of the molecule is BrCC[O][Al]([O]CCBr)[O]CCBr. The lowest BCUT2D eigenvalue weighted by Gasteiger charge is -2.11. The van der Waals surface area contributed by atoms with Crippen LogP contribution in [0.3, 0.4) is 0 Å². The van der Waals surface area contributed by atoms with E-state index in [-0.39, 0.29) is 0 Å². The van der Waals surface area contributed by atoms with Crippen LogP contribution in [0.2, 0.25) is 0 Å². The third-order valence-electron chi connectivity index (χ3n) is 0.993. The fourth-order valence-corrected chi connectivity index (χ4v) is 3.38. The van der Waals surface area contributed by atoms with E-state index < -0.39 is 15.1 Å². The molecular formula is C6H12AlBr3O3. The summed E-state index contributed by atoms with van der Waals surface area (Å²) in [5, 5.41) is 2.43. The predicted octanol–water partition coefficient (Wildman–Crippen LogP) is 2.21. The zero-order chi connectivity index (χ0) is 9.94. The Morgan fingerprint density at radius 3 is 1.23 bits per heavy atom. The molecule has 78 valence electrons. The minimum Gasteiger partial charge on any atom is -0.454 e. The summed E-state index contributed by atoms with van der Waals surface area (Å²) in [7, 11) is 0. The van der Waals surface area contributed by atoms with Crippen molar-refractivity contribution in [3.63, 3.8) is 0 Å². The van der Waals surface area contributed by atoms with Crippen LogP contribution in [0.5, 0.6) is 0 Å². The van der Waals surface area contributed by atoms with Crippen LogP contribution in [0.15, 0.2) is 0 Å². The van der Waals surface area contributed by atoms with Crippen molar-refractivity contribution in [2.24, 2.45) is 0 Å². The van der Waals surface area contributed by atoms with Gasteiger partial charge in [-0.1, -0.05) is 47.8 Å². The van der Waals surface area contributed by atoms with E-state index in [1.807, 2.05) is 0 Å². The van der Waals surface area contributed by atoms with Crippen molar-refractivity contribution in [3.8, 4) is 0 Å². The van der Waals surface area contributed by atoms with Gasteiger partial charge in [0.2, 0.25) is 0 Å². The number of rotatable bonds is 9. The largest absolute Gasteiger partial charge is 0.905 e. The standard InChI is InChI=1S/3C2H4BrO.Al/c3*3-1-2-4;/h3*1-2H2;/q3*-1;+3. The maximum absolute atomic E-state index is 5.40. The van der Waals surface area contributed by atoms with Gasteiger partial charge in [-0.3, -0.25) is 0 Å². The van der Waals surface area contributed by atoms with E-state index in [2.05, 4.69) is 47.8 Å². The van der Waals surface area contributed by atoms with Gasteiger partial charge in [0.25, 0.3) is 0 Å². The average molecular weight is 399 g/mol. The highest BCUT2D eigenvalue weighted by atomic mass is 79.9. The molecule has 0 saturated heterocycles. The molecule has 0 unspecified atom stereocenters. The smallest absolute Gasteiger partial charge is 0.454 e. The second kappa shape index (κ2) is 11.9. The molecule has 0 aromatic rings. The van der Waals surface area contributed by atoms with Crippen molar-refractivity contribution >= 4 is 62.9 Å². The molecule has 0 heterocycles. The Morgan fingerprint density at radius 2 is 1.00 bits per heavy atom. The van der Waals surface area contributed by atoms with Gasteiger partial charge in [-0.05, 0) is 0 Å². The van der Waals surface area contributed by atoms with E-state index >= 15 is 0 Å². The van der Waals surface area contributed by atoms with Gasteiger partial charge in [0.1, 0.15) is 0 Å². The Bertz CT molecular complexity index is 90.1. The Balaban J connectivity index is 3.47. The maximum Gasteiger partial charge on any atom is 0.905 e. The second-order valence-electron chi connectivity index (χ2n) is 1.97. The monoisotopic (exact) mass is 396 g/mol. The van der Waals surface area contributed by atoms with Crippen molar-refractivity contribution in [2.75, 3.05) is 35.8 Å². The highest BCUT2D eigenvalue weighted by Gasteiger charge is 2.30. The van der Waals surface area contributed by atoms with Crippen LogP contribution in [0.25, 0.3) is 0 Å². The lowest BCUT2D eigenvalue weighted by molar-refractivity contribution is 0.110. The van der Waals surface area contributed by atoms with Crippen LogP contribution >= 0.6 is 47.8 Å². The fourth-order valence-electron chi connectivity index (χ4n) is 0.567. The summed E-state index contributed by atoms with van der Waals surface area (Å²) in [6.45, 7) is 1.92. The molecule has 0 radical (unpaired) electrons. The predicted molar refractivity (Wildman–Crippen MR) is 65.0 cm³/mol. The Kier molecular flexibility index (Phi) is 13.6. The first-order valence-corrected chi connectivity index (χ1v) is 8.65. The summed E-state index contributed by atoms with van der Waals surface area (Å²) in [6.07, 6.45) is 0. The molecule has 0 aliphatic heterocycles. The van der Waals surface area contributed by atoms with Crippen LogP contribution < -0.4 is 0 Å². The normalized spacial score (nSPS) is 10.4. The lowest BCUT2D eigenvalue weighted by Crippen LogP contribution is -2.29. The van der Waals surface area contributed by atoms with Gasteiger partial charge >= 0.3 is 15.1 Å². The third kappa shape index (κ3) is 10.1. The molecule has 0 aromatic heterocycles. The molecule has 0 fully saturated rings. The van der Waals surface area contributed by atoms with E-state index in [1.165, 1.54) is 0 Å². The summed E-state index contributed by atoms with van der Waals surface area (Å²) in [6, 6.07) is 0. The van der Waals surface area contributed by atoms with Crippen LogP contribution in [0.1, 0.15) is 0 Å². The van der Waals surface area contributed by atoms with Crippen LogP contribution in [-0.4, -0.2) is 51.0 Å². The molecule has 7 heteroatoms. The van der Waals surface area contributed by atoms with Crippen LogP contribution in [-0.2, 0) is 11.4 Å². The number of hydrogen-bond donors (Lipinski definition) is 0. The van der Waals surface area contributed by atoms with Gasteiger partial charge < -0.3 is 11.4 Å². The molecule has 0 amide bonds. The quantitative estimate of drug-likeness (QED) is 0.440. The second-order valence-corrected chi connectivity index (χ2v) is 5.92. The number of hydrogen-bond acceptors (Lipinski definition) is 3. The zero-order valence-corrected chi connectivity index (χ0v) is 13.1. The zero-order valence-electron chi connectivity index (χ0n) is 7.18. The summed E-state index contributed by atoms with van der Waals surface area (Å²) in [5.74, 6) is 0. The van der Waals surface area contributed by atoms with Crippen molar-refractivity contribution in [1.82, 2.24) is 0 Å². The minimum absolute atomic E-state index is 0.640. The fraction of sp³-hybridized carbons (Fsp3) is 1.00. The average Bonchev–Trinajstić information content (AvgIpc) is 2.17. The molecule has 13 heavy (non-hydrogen) atoms. The van der Waals surface area contributed by atoms with Gasteiger partial charge in [-0.15, -0.1) is 0 Å². The first-order valence-electron chi connectivity index (χ1n) is 3.87. The molecule has 0 spiro atoms. The minimum atomic E-state index is -1.88. The van der Waals surface area contributed by atoms with Crippen molar-refractivity contribution < 1.29 is 11.4 Å². The number of halogens is 3. The van der Waals surface area contributed by atoms with Crippen LogP contribution in [0, 0.1) is 0 Å². The molecule has 0 aliphatic carbocycles. The van der Waals surface area contributed by atoms with Gasteiger partial charge in [0, 0.05) is 35.8 Å². The highest BCUT2D eigenvalue weighted by Crippen LogP contribution is 1.96. The van der Waals surface area contributed by atoms with Gasteiger partial charge in [0.15, 0.2) is 0 Å². The van der Waals surface area contributed by atoms with Gasteiger partial charge in [0.05, 0.1) is 0 Å². The lowest BCUT2D eigenvalue weighted by atomic mass is 10.9. The molecule has 0 aromatic carbocycles. The first-order chi connectivity index (χ1) is 6.35. The van der Waals surface area contributed by atoms with E-state index in [1.54, 1.807) is 0 Å². The molecular weight excluding hydrogens is 387 g/mol. The molecule has 3 nitrogen and oxygen atoms in total. The topological polar surface area (TPSA) is 27.7 Å². The molecule has 0 atom stereocenters. The van der Waals surface area contributed by atoms with E-state index in [0.717, 1.165) is 16.0 Å². The van der Waals surface area contributed by atoms with E-state index in [9.17, 15) is 0 Å². The molecule has 0 saturated carbocycles. The Hall–Kier alpha value is 1.85. The van der Waals surface area contributed by atoms with Crippen molar-refractivity contribution in [2.45, 2.75) is 0 Å². The van der Waals surface area contributed by atoms with Gasteiger partial charge in [-0.2, -0.15) is 0 Å². The van der Waals surface area contributed by atoms with Gasteiger partial charge in [-0.25, -0.2) is 0 Å². The van der Waals surface area contributed by atoms with Crippen LogP contribution in [0.4, 0.5) is 0 Å². The van der Waals surface area contributed by atoms with E-state index in [0.29, 0.717) is 19.8 Å². The van der Waals surface area contributed by atoms with Crippen molar-refractivity contribution in [3.05, 3.63) is 0 Å². The Labute approximate surface area is 109 Å². The molecule has 0 bridgehead atoms. The molecule has 0 N–H and O–H groups in total. The Morgan fingerprint density at radius 1 is 0.692 bits per heavy atom. The number of alkyl halides is 3. The summed E-state index contributed by atoms with van der Waals surface area (Å²) >= 11 is 7.97. The summed E-state index contributed by atoms with van der Waals surface area (Å²) in [4.78, 5) is 0.